The summed E-state index contributed by atoms with van der Waals surface area (Å²) in [6.07, 6.45) is 7.67. The van der Waals surface area contributed by atoms with E-state index < -0.39 is 17.0 Å². The predicted molar refractivity (Wildman–Crippen MR) is 261 cm³/mol. The van der Waals surface area contributed by atoms with Crippen molar-refractivity contribution in [2.45, 2.75) is 90.5 Å². The second-order valence-electron chi connectivity index (χ2n) is 18.4. The Morgan fingerprint density at radius 2 is 1.21 bits per heavy atom. The lowest BCUT2D eigenvalue weighted by Gasteiger charge is -2.19. The molecule has 2 saturated carbocycles. The summed E-state index contributed by atoms with van der Waals surface area (Å²) in [4.78, 5) is 34.1. The van der Waals surface area contributed by atoms with Crippen LogP contribution in [-0.2, 0) is 0 Å². The van der Waals surface area contributed by atoms with E-state index in [2.05, 4.69) is 57.6 Å². The number of aromatic nitrogens is 6. The molecule has 9 rings (SSSR count). The number of anilines is 4. The van der Waals surface area contributed by atoms with Crippen LogP contribution in [-0.4, -0.2) is 94.7 Å². The number of nitrogens with one attached hydrogen (secondary N) is 5. The van der Waals surface area contributed by atoms with Crippen LogP contribution in [0.3, 0.4) is 0 Å². The van der Waals surface area contributed by atoms with Gasteiger partial charge in [0.2, 0.25) is 0 Å². The number of methoxy groups -OCH3 is 1. The predicted octanol–water partition coefficient (Wildman–Crippen LogP) is 8.21. The Balaban J connectivity index is 0.000000188. The van der Waals surface area contributed by atoms with Crippen molar-refractivity contribution >= 4 is 61.9 Å². The third-order valence-corrected chi connectivity index (χ3v) is 11.5. The highest BCUT2D eigenvalue weighted by Gasteiger charge is 2.26. The topological polar surface area (TPSA) is 204 Å². The molecule has 3 aromatic carbocycles. The number of carbonyl (C=O) groups excluding carboxylic acids is 2. The highest BCUT2D eigenvalue weighted by Crippen LogP contribution is 2.33. The van der Waals surface area contributed by atoms with Gasteiger partial charge in [-0.05, 0) is 137 Å². The Labute approximate surface area is 395 Å². The normalized spacial score (nSPS) is 13.8. The number of nitrogens with zero attached hydrogens (tertiary/aromatic N) is 6. The number of hydrogen-bond acceptors (Lipinski definition) is 12. The number of amides is 2. The minimum absolute atomic E-state index is 0.0198. The van der Waals surface area contributed by atoms with Crippen LogP contribution in [0, 0.1) is 19.7 Å². The molecule has 2 aliphatic rings. The Kier molecular flexibility index (Phi) is 13.2. The van der Waals surface area contributed by atoms with Crippen molar-refractivity contribution in [2.75, 3.05) is 36.1 Å². The van der Waals surface area contributed by atoms with E-state index in [0.717, 1.165) is 65.0 Å². The summed E-state index contributed by atoms with van der Waals surface area (Å²) in [5.74, 6) is 0.292. The maximum absolute atomic E-state index is 13.7. The summed E-state index contributed by atoms with van der Waals surface area (Å²) in [5.41, 5.74) is 7.78. The van der Waals surface area contributed by atoms with Crippen LogP contribution in [0.1, 0.15) is 85.2 Å². The molecule has 16 nitrogen and oxygen atoms in total. The van der Waals surface area contributed by atoms with E-state index in [9.17, 15) is 24.2 Å². The van der Waals surface area contributed by atoms with E-state index in [0.29, 0.717) is 62.6 Å². The van der Waals surface area contributed by atoms with Gasteiger partial charge in [-0.2, -0.15) is 5.10 Å². The fourth-order valence-corrected chi connectivity index (χ4v) is 7.68. The van der Waals surface area contributed by atoms with Crippen molar-refractivity contribution < 1.29 is 28.9 Å². The zero-order valence-electron chi connectivity index (χ0n) is 38.5. The number of aryl methyl sites for hydroxylation is 2. The van der Waals surface area contributed by atoms with Crippen LogP contribution >= 0.6 is 15.9 Å². The van der Waals surface area contributed by atoms with Crippen molar-refractivity contribution in [1.29, 1.82) is 0 Å². The summed E-state index contributed by atoms with van der Waals surface area (Å²) < 4.78 is 23.2. The maximum atomic E-state index is 13.7. The molecule has 2 aliphatic carbocycles. The van der Waals surface area contributed by atoms with E-state index in [4.69, 9.17) is 9.84 Å². The lowest BCUT2D eigenvalue weighted by Crippen LogP contribution is -2.29. The number of hydrogen-bond donors (Lipinski definition) is 7. The molecule has 4 aromatic heterocycles. The fourth-order valence-electron chi connectivity index (χ4n) is 7.29. The third kappa shape index (κ3) is 11.5. The van der Waals surface area contributed by atoms with Crippen LogP contribution in [0.5, 0.6) is 5.75 Å². The second-order valence-corrected chi connectivity index (χ2v) is 19.3. The van der Waals surface area contributed by atoms with E-state index in [1.807, 2.05) is 56.3 Å². The molecule has 350 valence electrons. The van der Waals surface area contributed by atoms with Crippen LogP contribution in [0.15, 0.2) is 83.7 Å². The molecule has 2 amide bonds. The molecule has 0 atom stereocenters. The molecule has 0 bridgehead atoms. The first-order chi connectivity index (χ1) is 31.8. The molecule has 18 heteroatoms. The van der Waals surface area contributed by atoms with Crippen LogP contribution in [0.4, 0.5) is 27.3 Å². The highest BCUT2D eigenvalue weighted by atomic mass is 79.9. The fraction of sp³-hybridized carbons (Fsp3) is 0.347. The zero-order valence-corrected chi connectivity index (χ0v) is 40.0. The van der Waals surface area contributed by atoms with Gasteiger partial charge in [-0.15, -0.1) is 5.10 Å². The molecular weight excluding hydrogens is 922 g/mol. The van der Waals surface area contributed by atoms with Gasteiger partial charge in [-0.25, -0.2) is 23.4 Å². The smallest absolute Gasteiger partial charge is 0.251 e. The molecule has 7 N–H and O–H groups in total. The van der Waals surface area contributed by atoms with Gasteiger partial charge in [0.25, 0.3) is 11.8 Å². The van der Waals surface area contributed by atoms with Gasteiger partial charge >= 0.3 is 0 Å². The number of benzene rings is 3. The van der Waals surface area contributed by atoms with E-state index in [1.54, 1.807) is 61.3 Å². The third-order valence-electron chi connectivity index (χ3n) is 11.1. The van der Waals surface area contributed by atoms with Crippen LogP contribution in [0.2, 0.25) is 0 Å². The monoisotopic (exact) mass is 975 g/mol. The molecule has 0 saturated heterocycles. The lowest BCUT2D eigenvalue weighted by atomic mass is 10.0. The summed E-state index contributed by atoms with van der Waals surface area (Å²) >= 11 is 3.45. The second kappa shape index (κ2) is 18.9. The number of carbonyl (C=O) groups is 2. The molecule has 0 aliphatic heterocycles. The van der Waals surface area contributed by atoms with E-state index in [-0.39, 0.29) is 24.4 Å². The molecule has 67 heavy (non-hydrogen) atoms. The van der Waals surface area contributed by atoms with Gasteiger partial charge in [-0.3, -0.25) is 9.59 Å². The van der Waals surface area contributed by atoms with Crippen molar-refractivity contribution in [2.24, 2.45) is 0 Å². The average molecular weight is 977 g/mol. The summed E-state index contributed by atoms with van der Waals surface area (Å²) in [6.45, 7) is 11.4. The van der Waals surface area contributed by atoms with Crippen LogP contribution in [0.25, 0.3) is 33.8 Å². The molecule has 0 spiro atoms. The quantitative estimate of drug-likeness (QED) is 0.0520. The average Bonchev–Trinajstić information content (AvgIpc) is 4.18. The van der Waals surface area contributed by atoms with Gasteiger partial charge in [0, 0.05) is 59.6 Å². The Bertz CT molecular complexity index is 2990. The highest BCUT2D eigenvalue weighted by molar-refractivity contribution is 9.10. The summed E-state index contributed by atoms with van der Waals surface area (Å²) in [6, 6.07) is 19.8. The van der Waals surface area contributed by atoms with Gasteiger partial charge in [0.1, 0.15) is 16.2 Å². The number of halogens is 2. The SMILES string of the molecule is COc1cc(F)ccc1Nc1cc(NCC(C)(C)O)c2ncc(-c3ccc(C(=O)NC4CC4)c(C)c3)n2n1.Cc1cc(-c2cnc3c(NCC(C)(C)O)cc(Br)nn23)ccc1C(=O)NC1CC1. The van der Waals surface area contributed by atoms with Gasteiger partial charge in [0.15, 0.2) is 17.1 Å². The van der Waals surface area contributed by atoms with Gasteiger partial charge in [-0.1, -0.05) is 12.1 Å². The standard InChI is InChI=1S/C28H31FN6O3.C21H24BrN5O2/c1-16-11-17(5-9-20(16)27(36)32-19-7-8-19)23-14-30-26-22(31-15-28(2,3)37)13-25(34-35(23)26)33-21-10-6-18(29)12-24(21)38-4;1-12-8-13(4-7-15(12)20(28)25-14-5-6-14)17-10-23-19-16(24-11-21(2,3)29)9-18(22)26-27(17)19/h5-6,9-14,19,31,37H,7-8,15H2,1-4H3,(H,32,36)(H,33,34);4,7-10,14,24,29H,5-6,11H2,1-3H3,(H,25,28). The minimum Gasteiger partial charge on any atom is -0.494 e. The summed E-state index contributed by atoms with van der Waals surface area (Å²) in [7, 11) is 1.47. The Morgan fingerprint density at radius 1 is 0.716 bits per heavy atom. The van der Waals surface area contributed by atoms with Crippen molar-refractivity contribution in [1.82, 2.24) is 39.8 Å². The number of fused-ring (bicyclic) bond motifs is 2. The number of ether oxygens (including phenoxy) is 1. The van der Waals surface area contributed by atoms with Crippen molar-refractivity contribution in [3.05, 3.63) is 112 Å². The maximum Gasteiger partial charge on any atom is 0.251 e. The first kappa shape index (κ1) is 46.9. The first-order valence-electron chi connectivity index (χ1n) is 22.1. The first-order valence-corrected chi connectivity index (χ1v) is 22.9. The van der Waals surface area contributed by atoms with Gasteiger partial charge < -0.3 is 41.5 Å². The number of imidazole rings is 2. The molecule has 2 fully saturated rings. The minimum atomic E-state index is -0.961. The largest absolute Gasteiger partial charge is 0.494 e. The van der Waals surface area contributed by atoms with E-state index >= 15 is 0 Å². The Hall–Kier alpha value is -6.63. The van der Waals surface area contributed by atoms with Crippen LogP contribution < -0.4 is 31.3 Å². The number of aliphatic hydroxyl groups is 2. The molecule has 0 radical (unpaired) electrons. The molecular formula is C49H55BrFN11O5. The Morgan fingerprint density at radius 3 is 1.67 bits per heavy atom. The van der Waals surface area contributed by atoms with Crippen molar-refractivity contribution in [3.63, 3.8) is 0 Å². The summed E-state index contributed by atoms with van der Waals surface area (Å²) in [5, 5.41) is 45.4. The van der Waals surface area contributed by atoms with Crippen molar-refractivity contribution in [3.8, 4) is 28.3 Å². The van der Waals surface area contributed by atoms with Gasteiger partial charge in [0.05, 0.1) is 59.2 Å². The molecule has 0 unspecified atom stereocenters. The van der Waals surface area contributed by atoms with E-state index in [1.165, 1.54) is 19.2 Å². The molecule has 7 aromatic rings. The molecule has 4 heterocycles. The number of rotatable bonds is 15. The lowest BCUT2D eigenvalue weighted by molar-refractivity contribution is 0.0939. The zero-order chi connectivity index (χ0) is 47.8.